The Labute approximate surface area is 126 Å². The Morgan fingerprint density at radius 1 is 1.29 bits per heavy atom. The third-order valence-corrected chi connectivity index (χ3v) is 5.78. The second kappa shape index (κ2) is 6.56. The highest BCUT2D eigenvalue weighted by Crippen LogP contribution is 2.17. The molecule has 1 saturated heterocycles. The first kappa shape index (κ1) is 16.0. The molecule has 1 unspecified atom stereocenters. The van der Waals surface area contributed by atoms with Gasteiger partial charge in [-0.1, -0.05) is 19.1 Å². The van der Waals surface area contributed by atoms with Crippen molar-refractivity contribution < 1.29 is 8.42 Å². The lowest BCUT2D eigenvalue weighted by atomic mass is 10.2. The maximum absolute atomic E-state index is 12.5. The van der Waals surface area contributed by atoms with Gasteiger partial charge in [0.05, 0.1) is 17.4 Å². The highest BCUT2D eigenvalue weighted by atomic mass is 32.2. The zero-order chi connectivity index (χ0) is 15.5. The van der Waals surface area contributed by atoms with Crippen LogP contribution in [0.3, 0.4) is 0 Å². The standard InChI is InChI=1S/C15H21N3O2S/c1-3-17-8-9-18(11-13(17)2)21(19,20)12-15-6-4-14(10-16)5-7-15/h4-7,13H,3,8-9,11-12H2,1-2H3. The summed E-state index contributed by atoms with van der Waals surface area (Å²) >= 11 is 0. The molecule has 1 atom stereocenters. The summed E-state index contributed by atoms with van der Waals surface area (Å²) in [6, 6.07) is 9.01. The lowest BCUT2D eigenvalue weighted by Crippen LogP contribution is -2.53. The van der Waals surface area contributed by atoms with Gasteiger partial charge in [0.25, 0.3) is 0 Å². The van der Waals surface area contributed by atoms with E-state index < -0.39 is 10.0 Å². The van der Waals surface area contributed by atoms with E-state index in [9.17, 15) is 8.42 Å². The fourth-order valence-corrected chi connectivity index (χ4v) is 4.26. The Kier molecular flexibility index (Phi) is 4.99. The summed E-state index contributed by atoms with van der Waals surface area (Å²) in [6.07, 6.45) is 0. The predicted molar refractivity (Wildman–Crippen MR) is 82.1 cm³/mol. The van der Waals surface area contributed by atoms with E-state index in [0.29, 0.717) is 18.7 Å². The van der Waals surface area contributed by atoms with Crippen LogP contribution in [0, 0.1) is 11.3 Å². The number of nitriles is 1. The molecule has 0 saturated carbocycles. The third-order valence-electron chi connectivity index (χ3n) is 3.96. The number of likely N-dealkylation sites (N-methyl/N-ethyl adjacent to an activating group) is 1. The molecule has 1 aliphatic heterocycles. The minimum absolute atomic E-state index is 0.00243. The summed E-state index contributed by atoms with van der Waals surface area (Å²) < 4.78 is 26.6. The third kappa shape index (κ3) is 3.82. The largest absolute Gasteiger partial charge is 0.298 e. The quantitative estimate of drug-likeness (QED) is 0.844. The number of sulfonamides is 1. The first-order chi connectivity index (χ1) is 9.96. The van der Waals surface area contributed by atoms with Gasteiger partial charge in [0.2, 0.25) is 10.0 Å². The van der Waals surface area contributed by atoms with Gasteiger partial charge < -0.3 is 0 Å². The zero-order valence-electron chi connectivity index (χ0n) is 12.5. The molecule has 21 heavy (non-hydrogen) atoms. The number of benzene rings is 1. The maximum atomic E-state index is 12.5. The SMILES string of the molecule is CCN1CCN(S(=O)(=O)Cc2ccc(C#N)cc2)CC1C. The molecule has 114 valence electrons. The average molecular weight is 307 g/mol. The lowest BCUT2D eigenvalue weighted by Gasteiger charge is -2.38. The van der Waals surface area contributed by atoms with Crippen LogP contribution in [0.25, 0.3) is 0 Å². The van der Waals surface area contributed by atoms with Crippen LogP contribution in [0.1, 0.15) is 25.0 Å². The van der Waals surface area contributed by atoms with Crippen molar-refractivity contribution in [1.82, 2.24) is 9.21 Å². The van der Waals surface area contributed by atoms with E-state index >= 15 is 0 Å². The maximum Gasteiger partial charge on any atom is 0.218 e. The van der Waals surface area contributed by atoms with Crippen molar-refractivity contribution in [2.24, 2.45) is 0 Å². The Bertz CT molecular complexity index is 619. The number of nitrogens with zero attached hydrogens (tertiary/aromatic N) is 3. The van der Waals surface area contributed by atoms with E-state index in [-0.39, 0.29) is 11.8 Å². The molecule has 2 rings (SSSR count). The summed E-state index contributed by atoms with van der Waals surface area (Å²) in [5.74, 6) is -0.00243. The van der Waals surface area contributed by atoms with Gasteiger partial charge in [-0.25, -0.2) is 8.42 Å². The van der Waals surface area contributed by atoms with Gasteiger partial charge in [-0.05, 0) is 31.2 Å². The van der Waals surface area contributed by atoms with Gasteiger partial charge >= 0.3 is 0 Å². The Morgan fingerprint density at radius 3 is 2.48 bits per heavy atom. The Hall–Kier alpha value is -1.42. The van der Waals surface area contributed by atoms with E-state index in [0.717, 1.165) is 18.7 Å². The molecule has 0 N–H and O–H groups in total. The minimum atomic E-state index is -3.30. The van der Waals surface area contributed by atoms with Crippen molar-refractivity contribution in [2.45, 2.75) is 25.6 Å². The van der Waals surface area contributed by atoms with Crippen molar-refractivity contribution in [3.63, 3.8) is 0 Å². The molecular formula is C15H21N3O2S. The molecular weight excluding hydrogens is 286 g/mol. The van der Waals surface area contributed by atoms with Gasteiger partial charge in [-0.15, -0.1) is 0 Å². The highest BCUT2D eigenvalue weighted by molar-refractivity contribution is 7.88. The molecule has 0 amide bonds. The average Bonchev–Trinajstić information content (AvgIpc) is 2.47. The monoisotopic (exact) mass is 307 g/mol. The molecule has 1 aromatic carbocycles. The van der Waals surface area contributed by atoms with Crippen molar-refractivity contribution in [3.8, 4) is 6.07 Å². The van der Waals surface area contributed by atoms with E-state index in [2.05, 4.69) is 18.7 Å². The van der Waals surface area contributed by atoms with Crippen LogP contribution in [0.5, 0.6) is 0 Å². The van der Waals surface area contributed by atoms with Crippen molar-refractivity contribution in [2.75, 3.05) is 26.2 Å². The molecule has 1 aliphatic rings. The van der Waals surface area contributed by atoms with Gasteiger partial charge in [0.15, 0.2) is 0 Å². The van der Waals surface area contributed by atoms with E-state index in [1.807, 2.05) is 6.07 Å². The normalized spacial score (nSPS) is 21.1. The fourth-order valence-electron chi connectivity index (χ4n) is 2.66. The number of piperazine rings is 1. The van der Waals surface area contributed by atoms with Crippen LogP contribution in [0.15, 0.2) is 24.3 Å². The Balaban J connectivity index is 2.06. The van der Waals surface area contributed by atoms with Crippen molar-refractivity contribution in [3.05, 3.63) is 35.4 Å². The zero-order valence-corrected chi connectivity index (χ0v) is 13.3. The molecule has 6 heteroatoms. The lowest BCUT2D eigenvalue weighted by molar-refractivity contribution is 0.135. The molecule has 0 spiro atoms. The van der Waals surface area contributed by atoms with Crippen LogP contribution >= 0.6 is 0 Å². The smallest absolute Gasteiger partial charge is 0.218 e. The van der Waals surface area contributed by atoms with Crippen molar-refractivity contribution >= 4 is 10.0 Å². The molecule has 1 heterocycles. The Morgan fingerprint density at radius 2 is 1.95 bits per heavy atom. The summed E-state index contributed by atoms with van der Waals surface area (Å²) in [5, 5.41) is 8.76. The highest BCUT2D eigenvalue weighted by Gasteiger charge is 2.30. The molecule has 0 aliphatic carbocycles. The van der Waals surface area contributed by atoms with Crippen LogP contribution in [0.4, 0.5) is 0 Å². The first-order valence-corrected chi connectivity index (χ1v) is 8.78. The van der Waals surface area contributed by atoms with Crippen LogP contribution in [-0.2, 0) is 15.8 Å². The topological polar surface area (TPSA) is 64.4 Å². The van der Waals surface area contributed by atoms with Crippen LogP contribution < -0.4 is 0 Å². The second-order valence-electron chi connectivity index (χ2n) is 5.40. The van der Waals surface area contributed by atoms with E-state index in [4.69, 9.17) is 5.26 Å². The first-order valence-electron chi connectivity index (χ1n) is 7.17. The summed E-state index contributed by atoms with van der Waals surface area (Å²) in [4.78, 5) is 2.29. The van der Waals surface area contributed by atoms with Crippen LogP contribution in [-0.4, -0.2) is 49.8 Å². The molecule has 5 nitrogen and oxygen atoms in total. The molecule has 0 radical (unpaired) electrons. The molecule has 0 bridgehead atoms. The van der Waals surface area contributed by atoms with Gasteiger partial charge in [0, 0.05) is 25.7 Å². The van der Waals surface area contributed by atoms with E-state index in [1.54, 1.807) is 28.6 Å². The summed E-state index contributed by atoms with van der Waals surface area (Å²) in [7, 11) is -3.30. The summed E-state index contributed by atoms with van der Waals surface area (Å²) in [5.41, 5.74) is 1.26. The molecule has 0 aromatic heterocycles. The molecule has 1 aromatic rings. The van der Waals surface area contributed by atoms with Crippen molar-refractivity contribution in [1.29, 1.82) is 5.26 Å². The minimum Gasteiger partial charge on any atom is -0.298 e. The van der Waals surface area contributed by atoms with Crippen LogP contribution in [0.2, 0.25) is 0 Å². The number of hydrogen-bond donors (Lipinski definition) is 0. The number of rotatable bonds is 4. The van der Waals surface area contributed by atoms with E-state index in [1.165, 1.54) is 0 Å². The van der Waals surface area contributed by atoms with Gasteiger partial charge in [-0.2, -0.15) is 9.57 Å². The predicted octanol–water partition coefficient (Wildman–Crippen LogP) is 1.41. The van der Waals surface area contributed by atoms with Gasteiger partial charge in [-0.3, -0.25) is 4.90 Å². The van der Waals surface area contributed by atoms with Gasteiger partial charge in [0.1, 0.15) is 0 Å². The molecule has 1 fully saturated rings. The second-order valence-corrected chi connectivity index (χ2v) is 7.37. The summed E-state index contributed by atoms with van der Waals surface area (Å²) in [6.45, 7) is 6.99. The fraction of sp³-hybridized carbons (Fsp3) is 0.533. The number of hydrogen-bond acceptors (Lipinski definition) is 4.